The first-order valence-corrected chi connectivity index (χ1v) is 8.94. The minimum Gasteiger partial charge on any atom is -0.364 e. The van der Waals surface area contributed by atoms with E-state index in [1.54, 1.807) is 4.40 Å². The van der Waals surface area contributed by atoms with Crippen LogP contribution in [0.15, 0.2) is 42.7 Å². The number of amides is 1. The van der Waals surface area contributed by atoms with Crippen LogP contribution in [0.25, 0.3) is 22.7 Å². The highest BCUT2D eigenvalue weighted by atomic mass is 16.1. The second-order valence-corrected chi connectivity index (χ2v) is 6.83. The van der Waals surface area contributed by atoms with E-state index in [1.807, 2.05) is 48.1 Å². The van der Waals surface area contributed by atoms with Crippen molar-refractivity contribution in [1.82, 2.24) is 24.1 Å². The molecule has 134 valence electrons. The average molecular weight is 358 g/mol. The van der Waals surface area contributed by atoms with E-state index >= 15 is 0 Å². The Morgan fingerprint density at radius 2 is 2.07 bits per heavy atom. The van der Waals surface area contributed by atoms with Gasteiger partial charge in [0.1, 0.15) is 11.3 Å². The number of nitrogens with zero attached hydrogens (tertiary/aromatic N) is 5. The van der Waals surface area contributed by atoms with Crippen LogP contribution in [0.4, 0.5) is 0 Å². The molecule has 0 aromatic carbocycles. The lowest BCUT2D eigenvalue weighted by atomic mass is 10.1. The van der Waals surface area contributed by atoms with Crippen molar-refractivity contribution in [2.45, 2.75) is 26.2 Å². The third-order valence-electron chi connectivity index (χ3n) is 5.03. The van der Waals surface area contributed by atoms with Crippen molar-refractivity contribution in [2.24, 2.45) is 5.73 Å². The van der Waals surface area contributed by atoms with Gasteiger partial charge in [-0.15, -0.1) is 0 Å². The van der Waals surface area contributed by atoms with E-state index in [2.05, 4.69) is 9.97 Å². The number of rotatable bonds is 3. The van der Waals surface area contributed by atoms with Crippen LogP contribution in [-0.2, 0) is 12.8 Å². The summed E-state index contributed by atoms with van der Waals surface area (Å²) >= 11 is 0. The molecule has 5 rings (SSSR count). The van der Waals surface area contributed by atoms with Gasteiger partial charge in [0.2, 0.25) is 0 Å². The summed E-state index contributed by atoms with van der Waals surface area (Å²) in [5.41, 5.74) is 11.8. The molecule has 4 aromatic heterocycles. The van der Waals surface area contributed by atoms with Crippen LogP contribution in [0.5, 0.6) is 0 Å². The van der Waals surface area contributed by atoms with Crippen molar-refractivity contribution >= 4 is 11.6 Å². The number of hydrogen-bond acceptors (Lipinski definition) is 4. The van der Waals surface area contributed by atoms with Crippen LogP contribution < -0.4 is 5.73 Å². The lowest BCUT2D eigenvalue weighted by Gasteiger charge is -2.10. The fraction of sp³-hybridized carbons (Fsp3) is 0.200. The molecule has 0 saturated heterocycles. The molecule has 0 saturated carbocycles. The molecule has 7 nitrogen and oxygen atoms in total. The Bertz CT molecular complexity index is 1200. The van der Waals surface area contributed by atoms with Gasteiger partial charge in [-0.1, -0.05) is 6.07 Å². The second kappa shape index (κ2) is 5.77. The largest absolute Gasteiger partial charge is 0.364 e. The zero-order valence-corrected chi connectivity index (χ0v) is 14.9. The van der Waals surface area contributed by atoms with Crippen LogP contribution in [0.2, 0.25) is 0 Å². The average Bonchev–Trinajstić information content (AvgIpc) is 3.34. The zero-order valence-electron chi connectivity index (χ0n) is 14.9. The summed E-state index contributed by atoms with van der Waals surface area (Å²) in [6.07, 6.45) is 6.48. The van der Waals surface area contributed by atoms with Gasteiger partial charge in [0.05, 0.1) is 17.6 Å². The number of primary amides is 1. The standard InChI is InChI=1S/C20H18N6O/c1-12-4-2-7-18(23-12)26-19(14-5-3-6-15(14)24-26)13-8-9-17-22-10-16(20(21)27)25(17)11-13/h2,4,7-11H,3,5-6H2,1H3,(H2,21,27). The number of carbonyl (C=O) groups excluding carboxylic acids is 1. The SMILES string of the molecule is Cc1cccc(-n2nc3c(c2-c2ccc4ncc(C(N)=O)n4c2)CCC3)n1. The summed E-state index contributed by atoms with van der Waals surface area (Å²) in [6.45, 7) is 1.97. The molecule has 1 aliphatic carbocycles. The third-order valence-corrected chi connectivity index (χ3v) is 5.03. The van der Waals surface area contributed by atoms with Crippen molar-refractivity contribution in [3.05, 3.63) is 65.4 Å². The Kier molecular flexibility index (Phi) is 3.36. The van der Waals surface area contributed by atoms with Crippen molar-refractivity contribution < 1.29 is 4.79 Å². The van der Waals surface area contributed by atoms with Crippen LogP contribution >= 0.6 is 0 Å². The topological polar surface area (TPSA) is 91.1 Å². The third kappa shape index (κ3) is 2.43. The van der Waals surface area contributed by atoms with Gasteiger partial charge >= 0.3 is 0 Å². The molecule has 0 fully saturated rings. The molecule has 27 heavy (non-hydrogen) atoms. The summed E-state index contributed by atoms with van der Waals surface area (Å²) in [5.74, 6) is 0.291. The molecule has 1 amide bonds. The number of aryl methyl sites for hydroxylation is 2. The molecule has 0 unspecified atom stereocenters. The molecule has 0 bridgehead atoms. The predicted molar refractivity (Wildman–Crippen MR) is 101 cm³/mol. The monoisotopic (exact) mass is 358 g/mol. The Labute approximate surface area is 155 Å². The summed E-state index contributed by atoms with van der Waals surface area (Å²) < 4.78 is 3.65. The first-order valence-electron chi connectivity index (χ1n) is 8.94. The molecule has 4 heterocycles. The van der Waals surface area contributed by atoms with E-state index < -0.39 is 5.91 Å². The minimum absolute atomic E-state index is 0.364. The lowest BCUT2D eigenvalue weighted by Crippen LogP contribution is -2.13. The smallest absolute Gasteiger partial charge is 0.267 e. The van der Waals surface area contributed by atoms with Crippen molar-refractivity contribution in [3.8, 4) is 17.1 Å². The molecular weight excluding hydrogens is 340 g/mol. The van der Waals surface area contributed by atoms with Crippen LogP contribution in [0.3, 0.4) is 0 Å². The molecule has 2 N–H and O–H groups in total. The lowest BCUT2D eigenvalue weighted by molar-refractivity contribution is 0.0995. The summed E-state index contributed by atoms with van der Waals surface area (Å²) in [7, 11) is 0. The molecule has 0 atom stereocenters. The maximum Gasteiger partial charge on any atom is 0.267 e. The highest BCUT2D eigenvalue weighted by Gasteiger charge is 2.25. The summed E-state index contributed by atoms with van der Waals surface area (Å²) in [4.78, 5) is 20.6. The summed E-state index contributed by atoms with van der Waals surface area (Å²) in [6, 6.07) is 9.82. The Hall–Kier alpha value is -3.48. The molecule has 0 radical (unpaired) electrons. The van der Waals surface area contributed by atoms with E-state index in [1.165, 1.54) is 11.8 Å². The highest BCUT2D eigenvalue weighted by Crippen LogP contribution is 2.34. The molecular formula is C20H18N6O. The van der Waals surface area contributed by atoms with Gasteiger partial charge in [0, 0.05) is 23.0 Å². The number of fused-ring (bicyclic) bond motifs is 2. The van der Waals surface area contributed by atoms with Gasteiger partial charge < -0.3 is 5.73 Å². The first-order chi connectivity index (χ1) is 13.1. The molecule has 7 heteroatoms. The van der Waals surface area contributed by atoms with Crippen molar-refractivity contribution in [2.75, 3.05) is 0 Å². The van der Waals surface area contributed by atoms with Gasteiger partial charge in [0.25, 0.3) is 5.91 Å². The number of nitrogens with two attached hydrogens (primary N) is 1. The van der Waals surface area contributed by atoms with E-state index in [-0.39, 0.29) is 0 Å². The normalized spacial score (nSPS) is 13.2. The van der Waals surface area contributed by atoms with Gasteiger partial charge in [0.15, 0.2) is 5.82 Å². The number of carbonyl (C=O) groups is 1. The maximum absolute atomic E-state index is 11.7. The van der Waals surface area contributed by atoms with Gasteiger partial charge in [-0.25, -0.2) is 14.6 Å². The Morgan fingerprint density at radius 3 is 2.89 bits per heavy atom. The van der Waals surface area contributed by atoms with E-state index in [0.717, 1.165) is 47.7 Å². The minimum atomic E-state index is -0.501. The van der Waals surface area contributed by atoms with E-state index in [0.29, 0.717) is 11.3 Å². The molecule has 1 aliphatic rings. The van der Waals surface area contributed by atoms with E-state index in [4.69, 9.17) is 10.8 Å². The van der Waals surface area contributed by atoms with Gasteiger partial charge in [-0.2, -0.15) is 5.10 Å². The number of pyridine rings is 2. The van der Waals surface area contributed by atoms with Gasteiger partial charge in [-0.05, 0) is 50.5 Å². The number of aromatic nitrogens is 5. The Morgan fingerprint density at radius 1 is 1.19 bits per heavy atom. The molecule has 0 aliphatic heterocycles. The fourth-order valence-electron chi connectivity index (χ4n) is 3.80. The zero-order chi connectivity index (χ0) is 18.5. The van der Waals surface area contributed by atoms with Crippen LogP contribution in [0.1, 0.15) is 33.9 Å². The molecule has 4 aromatic rings. The highest BCUT2D eigenvalue weighted by molar-refractivity contribution is 5.92. The first kappa shape index (κ1) is 15.7. The maximum atomic E-state index is 11.7. The second-order valence-electron chi connectivity index (χ2n) is 6.83. The van der Waals surface area contributed by atoms with Crippen LogP contribution in [0, 0.1) is 6.92 Å². The van der Waals surface area contributed by atoms with Crippen molar-refractivity contribution in [3.63, 3.8) is 0 Å². The van der Waals surface area contributed by atoms with Crippen LogP contribution in [-0.4, -0.2) is 30.1 Å². The van der Waals surface area contributed by atoms with E-state index in [9.17, 15) is 4.79 Å². The predicted octanol–water partition coefficient (Wildman–Crippen LogP) is 2.48. The fourth-order valence-corrected chi connectivity index (χ4v) is 3.80. The quantitative estimate of drug-likeness (QED) is 0.609. The summed E-state index contributed by atoms with van der Waals surface area (Å²) in [5, 5.41) is 4.84. The molecule has 0 spiro atoms. The van der Waals surface area contributed by atoms with Gasteiger partial charge in [-0.3, -0.25) is 9.20 Å². The number of imidazole rings is 1. The Balaban J connectivity index is 1.76. The number of hydrogen-bond donors (Lipinski definition) is 1. The van der Waals surface area contributed by atoms with Crippen molar-refractivity contribution in [1.29, 1.82) is 0 Å².